The third-order valence-corrected chi connectivity index (χ3v) is 2.38. The van der Waals surface area contributed by atoms with Gasteiger partial charge in [-0.2, -0.15) is 0 Å². The normalized spacial score (nSPS) is 14.9. The number of rotatable bonds is 3. The molecule has 2 unspecified atom stereocenters. The van der Waals surface area contributed by atoms with Gasteiger partial charge >= 0.3 is 0 Å². The summed E-state index contributed by atoms with van der Waals surface area (Å²) < 4.78 is 0. The summed E-state index contributed by atoms with van der Waals surface area (Å²) in [5.74, 6) is 0. The van der Waals surface area contributed by atoms with Crippen LogP contribution in [0.4, 0.5) is 0 Å². The molecule has 0 fully saturated rings. The van der Waals surface area contributed by atoms with Gasteiger partial charge in [-0.1, -0.05) is 12.1 Å². The highest BCUT2D eigenvalue weighted by molar-refractivity contribution is 5.73. The van der Waals surface area contributed by atoms with Crippen LogP contribution in [0.25, 0.3) is 11.0 Å². The molecule has 1 aromatic heterocycles. The van der Waals surface area contributed by atoms with E-state index in [2.05, 4.69) is 9.97 Å². The molecule has 16 heavy (non-hydrogen) atoms. The van der Waals surface area contributed by atoms with Gasteiger partial charge in [-0.05, 0) is 12.1 Å². The van der Waals surface area contributed by atoms with E-state index in [0.29, 0.717) is 11.2 Å². The minimum absolute atomic E-state index is 0.0182. The first kappa shape index (κ1) is 10.9. The minimum Gasteiger partial charge on any atom is -0.389 e. The standard InChI is InChI=1S/C11H13N3O2/c12-5-10(15)11(16)9-6-13-7-3-1-2-4-8(7)14-9/h1-4,6,10-11,15-16H,5,12H2. The van der Waals surface area contributed by atoms with E-state index in [1.165, 1.54) is 6.20 Å². The molecular formula is C11H13N3O2. The lowest BCUT2D eigenvalue weighted by atomic mass is 10.1. The molecule has 2 rings (SSSR count). The summed E-state index contributed by atoms with van der Waals surface area (Å²) in [6.07, 6.45) is -0.663. The largest absolute Gasteiger partial charge is 0.389 e. The molecule has 5 heteroatoms. The van der Waals surface area contributed by atoms with Gasteiger partial charge in [0.05, 0.1) is 29.0 Å². The number of hydrogen-bond donors (Lipinski definition) is 3. The first-order chi connectivity index (χ1) is 7.72. The number of aliphatic hydroxyl groups excluding tert-OH is 2. The van der Waals surface area contributed by atoms with Crippen LogP contribution in [0.5, 0.6) is 0 Å². The van der Waals surface area contributed by atoms with Gasteiger partial charge < -0.3 is 15.9 Å². The minimum atomic E-state index is -1.10. The third kappa shape index (κ3) is 2.01. The van der Waals surface area contributed by atoms with E-state index in [4.69, 9.17) is 5.73 Å². The Balaban J connectivity index is 2.39. The molecule has 0 aliphatic rings. The van der Waals surface area contributed by atoms with Crippen LogP contribution in [0, 0.1) is 0 Å². The Bertz CT molecular complexity index is 489. The van der Waals surface area contributed by atoms with Gasteiger partial charge in [0, 0.05) is 6.54 Å². The van der Waals surface area contributed by atoms with Crippen molar-refractivity contribution in [2.24, 2.45) is 5.73 Å². The van der Waals surface area contributed by atoms with Crippen molar-refractivity contribution in [2.45, 2.75) is 12.2 Å². The Morgan fingerprint density at radius 2 is 1.88 bits per heavy atom. The van der Waals surface area contributed by atoms with Gasteiger partial charge in [-0.3, -0.25) is 4.98 Å². The Kier molecular flexibility index (Phi) is 3.09. The molecule has 5 nitrogen and oxygen atoms in total. The number of benzene rings is 1. The smallest absolute Gasteiger partial charge is 0.125 e. The second kappa shape index (κ2) is 4.52. The zero-order valence-corrected chi connectivity index (χ0v) is 8.61. The summed E-state index contributed by atoms with van der Waals surface area (Å²) in [5, 5.41) is 19.1. The summed E-state index contributed by atoms with van der Waals surface area (Å²) in [6.45, 7) is -0.0182. The molecule has 1 aromatic carbocycles. The molecule has 84 valence electrons. The number of nitrogens with zero attached hydrogens (tertiary/aromatic N) is 2. The highest BCUT2D eigenvalue weighted by Gasteiger charge is 2.18. The molecule has 0 spiro atoms. The predicted molar refractivity (Wildman–Crippen MR) is 59.6 cm³/mol. The van der Waals surface area contributed by atoms with Crippen LogP contribution in [-0.2, 0) is 0 Å². The topological polar surface area (TPSA) is 92.3 Å². The quantitative estimate of drug-likeness (QED) is 0.675. The van der Waals surface area contributed by atoms with Crippen LogP contribution in [0.2, 0.25) is 0 Å². The molecule has 1 heterocycles. The lowest BCUT2D eigenvalue weighted by molar-refractivity contribution is 0.0217. The molecule has 0 saturated heterocycles. The fourth-order valence-corrected chi connectivity index (χ4v) is 1.44. The van der Waals surface area contributed by atoms with E-state index in [9.17, 15) is 10.2 Å². The van der Waals surface area contributed by atoms with E-state index in [0.717, 1.165) is 5.52 Å². The number of aromatic nitrogens is 2. The molecule has 0 saturated carbocycles. The maximum atomic E-state index is 9.72. The van der Waals surface area contributed by atoms with E-state index in [1.807, 2.05) is 18.2 Å². The highest BCUT2D eigenvalue weighted by atomic mass is 16.3. The second-order valence-corrected chi connectivity index (χ2v) is 3.53. The van der Waals surface area contributed by atoms with Crippen molar-refractivity contribution < 1.29 is 10.2 Å². The third-order valence-electron chi connectivity index (χ3n) is 2.38. The molecular weight excluding hydrogens is 206 g/mol. The number of aliphatic hydroxyl groups is 2. The van der Waals surface area contributed by atoms with Crippen LogP contribution in [-0.4, -0.2) is 32.8 Å². The van der Waals surface area contributed by atoms with Gasteiger partial charge in [-0.25, -0.2) is 4.98 Å². The molecule has 0 aliphatic carbocycles. The van der Waals surface area contributed by atoms with Gasteiger partial charge in [-0.15, -0.1) is 0 Å². The van der Waals surface area contributed by atoms with Crippen molar-refractivity contribution >= 4 is 11.0 Å². The van der Waals surface area contributed by atoms with Crippen molar-refractivity contribution in [2.75, 3.05) is 6.54 Å². The number of para-hydroxylation sites is 2. The Morgan fingerprint density at radius 3 is 2.56 bits per heavy atom. The molecule has 0 radical (unpaired) electrons. The van der Waals surface area contributed by atoms with E-state index in [1.54, 1.807) is 6.07 Å². The molecule has 0 bridgehead atoms. The molecule has 0 aliphatic heterocycles. The predicted octanol–water partition coefficient (Wildman–Crippen LogP) is -0.0172. The van der Waals surface area contributed by atoms with Crippen molar-refractivity contribution in [3.8, 4) is 0 Å². The van der Waals surface area contributed by atoms with Crippen molar-refractivity contribution in [1.29, 1.82) is 0 Å². The number of nitrogens with two attached hydrogens (primary N) is 1. The molecule has 2 aromatic rings. The van der Waals surface area contributed by atoms with Gasteiger partial charge in [0.2, 0.25) is 0 Å². The fraction of sp³-hybridized carbons (Fsp3) is 0.273. The summed E-state index contributed by atoms with van der Waals surface area (Å²) in [5.41, 5.74) is 7.03. The Hall–Kier alpha value is -1.56. The first-order valence-electron chi connectivity index (χ1n) is 5.00. The number of fused-ring (bicyclic) bond motifs is 1. The first-order valence-corrected chi connectivity index (χ1v) is 5.00. The maximum absolute atomic E-state index is 9.72. The summed E-state index contributed by atoms with van der Waals surface area (Å²) in [7, 11) is 0. The van der Waals surface area contributed by atoms with E-state index >= 15 is 0 Å². The van der Waals surface area contributed by atoms with Crippen LogP contribution in [0.15, 0.2) is 30.5 Å². The van der Waals surface area contributed by atoms with E-state index < -0.39 is 12.2 Å². The Morgan fingerprint density at radius 1 is 1.19 bits per heavy atom. The van der Waals surface area contributed by atoms with Crippen molar-refractivity contribution in [3.05, 3.63) is 36.2 Å². The van der Waals surface area contributed by atoms with Crippen LogP contribution in [0.3, 0.4) is 0 Å². The average Bonchev–Trinajstić information content (AvgIpc) is 2.36. The van der Waals surface area contributed by atoms with Crippen molar-refractivity contribution in [3.63, 3.8) is 0 Å². The summed E-state index contributed by atoms with van der Waals surface area (Å²) >= 11 is 0. The zero-order valence-electron chi connectivity index (χ0n) is 8.61. The number of hydrogen-bond acceptors (Lipinski definition) is 5. The highest BCUT2D eigenvalue weighted by Crippen LogP contribution is 2.16. The zero-order chi connectivity index (χ0) is 11.5. The summed E-state index contributed by atoms with van der Waals surface area (Å²) in [4.78, 5) is 8.36. The fourth-order valence-electron chi connectivity index (χ4n) is 1.44. The average molecular weight is 219 g/mol. The van der Waals surface area contributed by atoms with Crippen molar-refractivity contribution in [1.82, 2.24) is 9.97 Å². The summed E-state index contributed by atoms with van der Waals surface area (Å²) in [6, 6.07) is 7.33. The molecule has 4 N–H and O–H groups in total. The SMILES string of the molecule is NCC(O)C(O)c1cnc2ccccc2n1. The van der Waals surface area contributed by atoms with Gasteiger partial charge in [0.15, 0.2) is 0 Å². The molecule has 0 amide bonds. The lowest BCUT2D eigenvalue weighted by Crippen LogP contribution is -2.27. The van der Waals surface area contributed by atoms with Crippen LogP contribution in [0.1, 0.15) is 11.8 Å². The monoisotopic (exact) mass is 219 g/mol. The Labute approximate surface area is 92.6 Å². The van der Waals surface area contributed by atoms with Gasteiger partial charge in [0.1, 0.15) is 6.10 Å². The molecule has 2 atom stereocenters. The van der Waals surface area contributed by atoms with Crippen LogP contribution < -0.4 is 5.73 Å². The lowest BCUT2D eigenvalue weighted by Gasteiger charge is -2.15. The van der Waals surface area contributed by atoms with E-state index in [-0.39, 0.29) is 6.54 Å². The van der Waals surface area contributed by atoms with Gasteiger partial charge in [0.25, 0.3) is 0 Å². The maximum Gasteiger partial charge on any atom is 0.125 e. The van der Waals surface area contributed by atoms with Crippen LogP contribution >= 0.6 is 0 Å². The second-order valence-electron chi connectivity index (χ2n) is 3.53.